The van der Waals surface area contributed by atoms with Crippen LogP contribution in [0.3, 0.4) is 0 Å². The molecule has 148 valence electrons. The molecule has 0 aliphatic rings. The van der Waals surface area contributed by atoms with Crippen LogP contribution in [-0.4, -0.2) is 33.2 Å². The Balaban J connectivity index is 1.65. The summed E-state index contributed by atoms with van der Waals surface area (Å²) in [5.74, 6) is 2.16. The number of nitrogens with zero attached hydrogens (tertiary/aromatic N) is 4. The van der Waals surface area contributed by atoms with Crippen LogP contribution in [0.4, 0.5) is 5.82 Å². The van der Waals surface area contributed by atoms with Crippen LogP contribution >= 0.6 is 0 Å². The van der Waals surface area contributed by atoms with Crippen molar-refractivity contribution in [1.29, 1.82) is 0 Å². The number of ether oxygens (including phenoxy) is 1. The summed E-state index contributed by atoms with van der Waals surface area (Å²) in [4.78, 5) is 8.75. The molecule has 1 N–H and O–H groups in total. The zero-order valence-corrected chi connectivity index (χ0v) is 17.0. The first-order valence-corrected chi connectivity index (χ1v) is 9.81. The van der Waals surface area contributed by atoms with Gasteiger partial charge >= 0.3 is 0 Å². The number of anilines is 1. The van der Waals surface area contributed by atoms with Gasteiger partial charge in [-0.2, -0.15) is 9.61 Å². The van der Waals surface area contributed by atoms with Crippen molar-refractivity contribution in [2.75, 3.05) is 19.0 Å². The highest BCUT2D eigenvalue weighted by Crippen LogP contribution is 2.35. The van der Waals surface area contributed by atoms with E-state index in [4.69, 9.17) is 4.74 Å². The van der Waals surface area contributed by atoms with Crippen molar-refractivity contribution >= 4 is 11.5 Å². The van der Waals surface area contributed by atoms with Crippen LogP contribution < -0.4 is 10.1 Å². The molecule has 4 rings (SSSR count). The van der Waals surface area contributed by atoms with Gasteiger partial charge in [0.15, 0.2) is 5.65 Å². The van der Waals surface area contributed by atoms with Crippen molar-refractivity contribution < 1.29 is 4.74 Å². The number of benzene rings is 1. The average molecular weight is 387 g/mol. The van der Waals surface area contributed by atoms with Crippen LogP contribution in [0.1, 0.15) is 30.9 Å². The fourth-order valence-corrected chi connectivity index (χ4v) is 3.39. The molecule has 0 aliphatic carbocycles. The molecule has 0 atom stereocenters. The highest BCUT2D eigenvalue weighted by molar-refractivity contribution is 5.82. The third-order valence-corrected chi connectivity index (χ3v) is 5.02. The highest BCUT2D eigenvalue weighted by atomic mass is 16.5. The number of nitrogens with one attached hydrogen (secondary N) is 1. The largest absolute Gasteiger partial charge is 0.496 e. The summed E-state index contributed by atoms with van der Waals surface area (Å²) in [6.45, 7) is 5.15. The second kappa shape index (κ2) is 8.31. The number of hydrogen-bond donors (Lipinski definition) is 1. The molecule has 6 nitrogen and oxygen atoms in total. The topological polar surface area (TPSA) is 64.3 Å². The first kappa shape index (κ1) is 18.9. The van der Waals surface area contributed by atoms with Gasteiger partial charge < -0.3 is 10.1 Å². The van der Waals surface area contributed by atoms with Gasteiger partial charge in [0.25, 0.3) is 0 Å². The molecule has 6 heteroatoms. The van der Waals surface area contributed by atoms with Gasteiger partial charge in [0.2, 0.25) is 0 Å². The molecule has 0 bridgehead atoms. The maximum atomic E-state index is 5.61. The molecular weight excluding hydrogens is 362 g/mol. The van der Waals surface area contributed by atoms with Crippen LogP contribution in [0.2, 0.25) is 0 Å². The Morgan fingerprint density at radius 1 is 1.07 bits per heavy atom. The minimum absolute atomic E-state index is 0.430. The number of aromatic nitrogens is 4. The lowest BCUT2D eigenvalue weighted by atomic mass is 9.97. The predicted molar refractivity (Wildman–Crippen MR) is 115 cm³/mol. The van der Waals surface area contributed by atoms with Gasteiger partial charge in [-0.05, 0) is 47.7 Å². The van der Waals surface area contributed by atoms with Crippen LogP contribution in [0.5, 0.6) is 5.75 Å². The van der Waals surface area contributed by atoms with Crippen LogP contribution in [0, 0.1) is 0 Å². The fourth-order valence-electron chi connectivity index (χ4n) is 3.39. The van der Waals surface area contributed by atoms with Crippen molar-refractivity contribution in [3.8, 4) is 16.9 Å². The lowest BCUT2D eigenvalue weighted by molar-refractivity contribution is 0.416. The molecule has 0 saturated heterocycles. The van der Waals surface area contributed by atoms with Gasteiger partial charge in [0, 0.05) is 30.7 Å². The maximum absolute atomic E-state index is 5.61. The number of hydrogen-bond acceptors (Lipinski definition) is 5. The quantitative estimate of drug-likeness (QED) is 0.503. The van der Waals surface area contributed by atoms with Gasteiger partial charge in [-0.25, -0.2) is 4.98 Å². The van der Waals surface area contributed by atoms with Crippen LogP contribution in [0.15, 0.2) is 61.2 Å². The Hall–Kier alpha value is -3.41. The van der Waals surface area contributed by atoms with Gasteiger partial charge in [0.1, 0.15) is 11.6 Å². The summed E-state index contributed by atoms with van der Waals surface area (Å²) in [6.07, 6.45) is 8.24. The van der Waals surface area contributed by atoms with Crippen molar-refractivity contribution in [1.82, 2.24) is 19.6 Å². The lowest BCUT2D eigenvalue weighted by Gasteiger charge is -2.12. The van der Waals surface area contributed by atoms with E-state index in [0.29, 0.717) is 5.92 Å². The van der Waals surface area contributed by atoms with Crippen molar-refractivity contribution in [2.24, 2.45) is 0 Å². The summed E-state index contributed by atoms with van der Waals surface area (Å²) < 4.78 is 7.46. The van der Waals surface area contributed by atoms with Crippen molar-refractivity contribution in [3.63, 3.8) is 0 Å². The molecular formula is C23H25N5O. The number of methoxy groups -OCH3 is 1. The first-order valence-electron chi connectivity index (χ1n) is 9.81. The number of fused-ring (bicyclic) bond motifs is 1. The van der Waals surface area contributed by atoms with Gasteiger partial charge in [0.05, 0.1) is 18.9 Å². The monoisotopic (exact) mass is 387 g/mol. The van der Waals surface area contributed by atoms with Gasteiger partial charge in [-0.1, -0.05) is 26.0 Å². The Morgan fingerprint density at radius 3 is 2.72 bits per heavy atom. The van der Waals surface area contributed by atoms with E-state index in [1.165, 1.54) is 11.1 Å². The van der Waals surface area contributed by atoms with Gasteiger partial charge in [-0.15, -0.1) is 0 Å². The minimum atomic E-state index is 0.430. The Kier molecular flexibility index (Phi) is 5.42. The van der Waals surface area contributed by atoms with E-state index in [0.717, 1.165) is 41.3 Å². The van der Waals surface area contributed by atoms with E-state index in [1.807, 2.05) is 41.3 Å². The SMILES string of the molecule is COc1ccc(C(C)C)cc1-c1cnn2c(NCCc3cccnc3)ccnc12. The van der Waals surface area contributed by atoms with E-state index in [9.17, 15) is 0 Å². The average Bonchev–Trinajstić information content (AvgIpc) is 3.19. The molecule has 3 heterocycles. The molecule has 0 fully saturated rings. The maximum Gasteiger partial charge on any atom is 0.165 e. The predicted octanol–water partition coefficient (Wildman–Crippen LogP) is 4.58. The zero-order valence-electron chi connectivity index (χ0n) is 17.0. The summed E-state index contributed by atoms with van der Waals surface area (Å²) in [5.41, 5.74) is 5.22. The second-order valence-electron chi connectivity index (χ2n) is 7.28. The molecule has 0 aliphatic heterocycles. The van der Waals surface area contributed by atoms with E-state index in [1.54, 1.807) is 13.3 Å². The van der Waals surface area contributed by atoms with Crippen LogP contribution in [0.25, 0.3) is 16.8 Å². The molecule has 1 aromatic carbocycles. The summed E-state index contributed by atoms with van der Waals surface area (Å²) in [6, 6.07) is 12.3. The third kappa shape index (κ3) is 3.92. The first-order chi connectivity index (χ1) is 14.2. The molecule has 4 aromatic rings. The van der Waals surface area contributed by atoms with E-state index < -0.39 is 0 Å². The van der Waals surface area contributed by atoms with E-state index in [-0.39, 0.29) is 0 Å². The number of pyridine rings is 1. The second-order valence-corrected chi connectivity index (χ2v) is 7.28. The molecule has 0 amide bonds. The Bertz CT molecular complexity index is 1100. The minimum Gasteiger partial charge on any atom is -0.496 e. The standard InChI is InChI=1S/C23H25N5O/c1-16(2)18-6-7-21(29-3)19(13-18)20-15-27-28-22(9-12-26-23(20)28)25-11-8-17-5-4-10-24-14-17/h4-7,9-10,12-16,25H,8,11H2,1-3H3. The van der Waals surface area contributed by atoms with Crippen LogP contribution in [-0.2, 0) is 6.42 Å². The molecule has 0 radical (unpaired) electrons. The lowest BCUT2D eigenvalue weighted by Crippen LogP contribution is -2.09. The Labute approximate surface area is 170 Å². The Morgan fingerprint density at radius 2 is 1.97 bits per heavy atom. The van der Waals surface area contributed by atoms with Crippen molar-refractivity contribution in [3.05, 3.63) is 72.3 Å². The normalized spacial score (nSPS) is 11.2. The zero-order chi connectivity index (χ0) is 20.2. The van der Waals surface area contributed by atoms with Crippen molar-refractivity contribution in [2.45, 2.75) is 26.2 Å². The third-order valence-electron chi connectivity index (χ3n) is 5.02. The summed E-state index contributed by atoms with van der Waals surface area (Å²) in [7, 11) is 1.69. The summed E-state index contributed by atoms with van der Waals surface area (Å²) in [5, 5.41) is 8.05. The van der Waals surface area contributed by atoms with Gasteiger partial charge in [-0.3, -0.25) is 4.98 Å². The molecule has 0 saturated carbocycles. The summed E-state index contributed by atoms with van der Waals surface area (Å²) >= 11 is 0. The highest BCUT2D eigenvalue weighted by Gasteiger charge is 2.16. The smallest absolute Gasteiger partial charge is 0.165 e. The fraction of sp³-hybridized carbons (Fsp3) is 0.261. The number of rotatable bonds is 7. The molecule has 29 heavy (non-hydrogen) atoms. The molecule has 3 aromatic heterocycles. The molecule has 0 unspecified atom stereocenters. The molecule has 0 spiro atoms. The van der Waals surface area contributed by atoms with E-state index in [2.05, 4.69) is 52.4 Å². The van der Waals surface area contributed by atoms with E-state index >= 15 is 0 Å².